The molecular formula is C25H39N5O2. The van der Waals surface area contributed by atoms with Crippen LogP contribution >= 0.6 is 0 Å². The number of nitrogens with one attached hydrogen (secondary N) is 2. The van der Waals surface area contributed by atoms with Gasteiger partial charge in [-0.1, -0.05) is 24.3 Å². The monoisotopic (exact) mass is 441 g/mol. The maximum atomic E-state index is 5.49. The lowest BCUT2D eigenvalue weighted by Crippen LogP contribution is -2.49. The van der Waals surface area contributed by atoms with Crippen LogP contribution in [0.3, 0.4) is 0 Å². The summed E-state index contributed by atoms with van der Waals surface area (Å²) in [6.07, 6.45) is 3.98. The molecule has 0 radical (unpaired) electrons. The lowest BCUT2D eigenvalue weighted by Gasteiger charge is -2.32. The highest BCUT2D eigenvalue weighted by Gasteiger charge is 2.19. The minimum absolute atomic E-state index is 0.460. The smallest absolute Gasteiger partial charge is 0.191 e. The number of methoxy groups -OCH3 is 1. The lowest BCUT2D eigenvalue weighted by atomic mass is 10.1. The van der Waals surface area contributed by atoms with Crippen LogP contribution in [0.1, 0.15) is 36.7 Å². The molecule has 1 aliphatic rings. The first kappa shape index (κ1) is 24.3. The molecule has 176 valence electrons. The SMILES string of the molecule is CCNC(=NCc1ccccc1CN(C)Cc1ccco1)NC1CCN(CCOC)CC1. The van der Waals surface area contributed by atoms with Crippen molar-refractivity contribution in [1.82, 2.24) is 20.4 Å². The number of hydrogen-bond donors (Lipinski definition) is 2. The van der Waals surface area contributed by atoms with E-state index in [1.165, 1.54) is 11.1 Å². The van der Waals surface area contributed by atoms with Crippen molar-refractivity contribution in [3.05, 3.63) is 59.5 Å². The van der Waals surface area contributed by atoms with Crippen LogP contribution in [0.5, 0.6) is 0 Å². The largest absolute Gasteiger partial charge is 0.468 e. The number of nitrogens with zero attached hydrogens (tertiary/aromatic N) is 3. The van der Waals surface area contributed by atoms with Crippen molar-refractivity contribution in [1.29, 1.82) is 0 Å². The minimum Gasteiger partial charge on any atom is -0.468 e. The Morgan fingerprint density at radius 2 is 1.94 bits per heavy atom. The zero-order chi connectivity index (χ0) is 22.6. The third-order valence-corrected chi connectivity index (χ3v) is 5.86. The molecule has 0 spiro atoms. The Morgan fingerprint density at radius 1 is 1.16 bits per heavy atom. The second-order valence-corrected chi connectivity index (χ2v) is 8.47. The Morgan fingerprint density at radius 3 is 2.62 bits per heavy atom. The van der Waals surface area contributed by atoms with Gasteiger partial charge in [0.15, 0.2) is 5.96 Å². The average Bonchev–Trinajstić information content (AvgIpc) is 3.31. The number of aliphatic imine (C=N–C) groups is 1. The molecule has 0 atom stereocenters. The predicted molar refractivity (Wildman–Crippen MR) is 130 cm³/mol. The van der Waals surface area contributed by atoms with Gasteiger partial charge in [-0.15, -0.1) is 0 Å². The number of rotatable bonds is 11. The van der Waals surface area contributed by atoms with E-state index in [0.717, 1.165) is 70.4 Å². The molecule has 0 unspecified atom stereocenters. The molecule has 1 aliphatic heterocycles. The summed E-state index contributed by atoms with van der Waals surface area (Å²) in [4.78, 5) is 9.65. The van der Waals surface area contributed by atoms with Crippen LogP contribution in [0.15, 0.2) is 52.1 Å². The number of piperidine rings is 1. The van der Waals surface area contributed by atoms with E-state index >= 15 is 0 Å². The Bertz CT molecular complexity index is 800. The number of ether oxygens (including phenoxy) is 1. The van der Waals surface area contributed by atoms with Gasteiger partial charge < -0.3 is 24.7 Å². The Labute approximate surface area is 192 Å². The molecule has 0 amide bonds. The highest BCUT2D eigenvalue weighted by atomic mass is 16.5. The first-order valence-electron chi connectivity index (χ1n) is 11.7. The van der Waals surface area contributed by atoms with E-state index in [2.05, 4.69) is 58.7 Å². The number of benzene rings is 1. The second kappa shape index (κ2) is 13.3. The lowest BCUT2D eigenvalue weighted by molar-refractivity contribution is 0.128. The fraction of sp³-hybridized carbons (Fsp3) is 0.560. The number of likely N-dealkylation sites (tertiary alicyclic amines) is 1. The zero-order valence-corrected chi connectivity index (χ0v) is 19.8. The van der Waals surface area contributed by atoms with E-state index in [4.69, 9.17) is 14.1 Å². The molecule has 1 fully saturated rings. The van der Waals surface area contributed by atoms with Crippen molar-refractivity contribution in [2.24, 2.45) is 4.99 Å². The van der Waals surface area contributed by atoms with Crippen molar-refractivity contribution in [3.8, 4) is 0 Å². The van der Waals surface area contributed by atoms with Crippen LogP contribution in [-0.2, 0) is 24.4 Å². The van der Waals surface area contributed by atoms with Crippen molar-refractivity contribution in [2.75, 3.05) is 46.9 Å². The molecule has 3 rings (SSSR count). The molecule has 1 aromatic heterocycles. The third-order valence-electron chi connectivity index (χ3n) is 5.86. The van der Waals surface area contributed by atoms with Crippen LogP contribution in [0, 0.1) is 0 Å². The Hall–Kier alpha value is -2.35. The summed E-state index contributed by atoms with van der Waals surface area (Å²) in [6.45, 7) is 9.30. The maximum absolute atomic E-state index is 5.49. The van der Waals surface area contributed by atoms with Crippen LogP contribution in [0.25, 0.3) is 0 Å². The van der Waals surface area contributed by atoms with E-state index in [9.17, 15) is 0 Å². The summed E-state index contributed by atoms with van der Waals surface area (Å²) >= 11 is 0. The molecular weight excluding hydrogens is 402 g/mol. The maximum Gasteiger partial charge on any atom is 0.191 e. The van der Waals surface area contributed by atoms with Gasteiger partial charge in [0, 0.05) is 45.9 Å². The number of guanidine groups is 1. The first-order chi connectivity index (χ1) is 15.7. The van der Waals surface area contributed by atoms with Gasteiger partial charge in [-0.2, -0.15) is 0 Å². The summed E-state index contributed by atoms with van der Waals surface area (Å²) < 4.78 is 10.7. The third kappa shape index (κ3) is 7.97. The molecule has 7 heteroatoms. The fourth-order valence-electron chi connectivity index (χ4n) is 4.08. The minimum atomic E-state index is 0.460. The number of furan rings is 1. The molecule has 0 bridgehead atoms. The van der Waals surface area contributed by atoms with Crippen molar-refractivity contribution in [2.45, 2.75) is 45.4 Å². The average molecular weight is 442 g/mol. The Kier molecular flexibility index (Phi) is 10.1. The van der Waals surface area contributed by atoms with E-state index in [1.807, 2.05) is 12.1 Å². The zero-order valence-electron chi connectivity index (χ0n) is 19.8. The molecule has 7 nitrogen and oxygen atoms in total. The highest BCUT2D eigenvalue weighted by molar-refractivity contribution is 5.80. The normalized spacial score (nSPS) is 15.9. The fourth-order valence-corrected chi connectivity index (χ4v) is 4.08. The number of hydrogen-bond acceptors (Lipinski definition) is 5. The molecule has 32 heavy (non-hydrogen) atoms. The summed E-state index contributed by atoms with van der Waals surface area (Å²) in [5.74, 6) is 1.89. The molecule has 1 aromatic carbocycles. The van der Waals surface area contributed by atoms with Gasteiger partial charge in [0.25, 0.3) is 0 Å². The van der Waals surface area contributed by atoms with Gasteiger partial charge >= 0.3 is 0 Å². The van der Waals surface area contributed by atoms with Gasteiger partial charge in [0.2, 0.25) is 0 Å². The van der Waals surface area contributed by atoms with Crippen molar-refractivity contribution < 1.29 is 9.15 Å². The van der Waals surface area contributed by atoms with E-state index < -0.39 is 0 Å². The standard InChI is InChI=1S/C25H39N5O2/c1-4-26-25(28-23-11-13-30(14-12-23)15-17-31-3)27-18-21-8-5-6-9-22(21)19-29(2)20-24-10-7-16-32-24/h5-10,16,23H,4,11-15,17-20H2,1-3H3,(H2,26,27,28). The van der Waals surface area contributed by atoms with Crippen LogP contribution in [0.4, 0.5) is 0 Å². The van der Waals surface area contributed by atoms with Gasteiger partial charge in [-0.25, -0.2) is 4.99 Å². The van der Waals surface area contributed by atoms with Gasteiger partial charge in [0.1, 0.15) is 5.76 Å². The molecule has 2 N–H and O–H groups in total. The molecule has 2 aromatic rings. The quantitative estimate of drug-likeness (QED) is 0.413. The van der Waals surface area contributed by atoms with Crippen LogP contribution < -0.4 is 10.6 Å². The van der Waals surface area contributed by atoms with E-state index in [0.29, 0.717) is 12.6 Å². The Balaban J connectivity index is 1.55. The topological polar surface area (TPSA) is 65.3 Å². The predicted octanol–water partition coefficient (Wildman–Crippen LogP) is 3.08. The molecule has 0 saturated carbocycles. The van der Waals surface area contributed by atoms with Crippen molar-refractivity contribution >= 4 is 5.96 Å². The van der Waals surface area contributed by atoms with Crippen LogP contribution in [-0.4, -0.2) is 68.7 Å². The van der Waals surface area contributed by atoms with Gasteiger partial charge in [-0.3, -0.25) is 4.90 Å². The first-order valence-corrected chi connectivity index (χ1v) is 11.7. The van der Waals surface area contributed by atoms with Gasteiger partial charge in [-0.05, 0) is 50.1 Å². The summed E-state index contributed by atoms with van der Waals surface area (Å²) in [7, 11) is 3.88. The second-order valence-electron chi connectivity index (χ2n) is 8.47. The summed E-state index contributed by atoms with van der Waals surface area (Å²) in [5, 5.41) is 7.07. The van der Waals surface area contributed by atoms with Gasteiger partial charge in [0.05, 0.1) is 26.0 Å². The summed E-state index contributed by atoms with van der Waals surface area (Å²) in [6, 6.07) is 13.0. The van der Waals surface area contributed by atoms with Crippen LogP contribution in [0.2, 0.25) is 0 Å². The highest BCUT2D eigenvalue weighted by Crippen LogP contribution is 2.15. The van der Waals surface area contributed by atoms with E-state index in [-0.39, 0.29) is 0 Å². The molecule has 1 saturated heterocycles. The van der Waals surface area contributed by atoms with Crippen molar-refractivity contribution in [3.63, 3.8) is 0 Å². The molecule has 2 heterocycles. The van der Waals surface area contributed by atoms with E-state index in [1.54, 1.807) is 13.4 Å². The molecule has 0 aliphatic carbocycles. The summed E-state index contributed by atoms with van der Waals surface area (Å²) in [5.41, 5.74) is 2.55.